The third-order valence-electron chi connectivity index (χ3n) is 3.71. The van der Waals surface area contributed by atoms with Crippen LogP contribution < -0.4 is 5.32 Å². The molecule has 0 heterocycles. The lowest BCUT2D eigenvalue weighted by Crippen LogP contribution is -2.30. The summed E-state index contributed by atoms with van der Waals surface area (Å²) in [5, 5.41) is 2.80. The number of carbonyl (C=O) groups excluding carboxylic acids is 1. The van der Waals surface area contributed by atoms with E-state index in [1.165, 1.54) is 25.3 Å². The predicted molar refractivity (Wildman–Crippen MR) is 75.8 cm³/mol. The summed E-state index contributed by atoms with van der Waals surface area (Å²) < 4.78 is 18.7. The highest BCUT2D eigenvalue weighted by atomic mass is 19.1. The quantitative estimate of drug-likeness (QED) is 0.899. The minimum absolute atomic E-state index is 0.113. The molecular formula is C16H22FNO2. The van der Waals surface area contributed by atoms with Gasteiger partial charge in [0.05, 0.1) is 6.10 Å². The SMILES string of the molecule is Cc1cc(CNC(=O)COC2CCCCC2)ccc1F. The summed E-state index contributed by atoms with van der Waals surface area (Å²) in [6, 6.07) is 4.86. The molecule has 0 aromatic heterocycles. The fourth-order valence-corrected chi connectivity index (χ4v) is 2.49. The first-order valence-electron chi connectivity index (χ1n) is 7.28. The van der Waals surface area contributed by atoms with Gasteiger partial charge in [-0.1, -0.05) is 31.4 Å². The van der Waals surface area contributed by atoms with Gasteiger partial charge in [-0.15, -0.1) is 0 Å². The standard InChI is InChI=1S/C16H22FNO2/c1-12-9-13(7-8-15(12)17)10-18-16(19)11-20-14-5-3-2-4-6-14/h7-9,14H,2-6,10-11H2,1H3,(H,18,19). The van der Waals surface area contributed by atoms with Crippen molar-refractivity contribution in [1.82, 2.24) is 5.32 Å². The van der Waals surface area contributed by atoms with Gasteiger partial charge in [-0.2, -0.15) is 0 Å². The molecule has 0 aliphatic heterocycles. The Hall–Kier alpha value is -1.42. The molecule has 1 amide bonds. The molecule has 0 bridgehead atoms. The van der Waals surface area contributed by atoms with E-state index in [1.54, 1.807) is 19.1 Å². The molecule has 0 spiro atoms. The summed E-state index contributed by atoms with van der Waals surface area (Å²) in [5.41, 5.74) is 1.49. The number of amides is 1. The van der Waals surface area contributed by atoms with E-state index in [0.29, 0.717) is 12.1 Å². The van der Waals surface area contributed by atoms with Crippen LogP contribution in [-0.2, 0) is 16.1 Å². The van der Waals surface area contributed by atoms with Gasteiger partial charge in [0.2, 0.25) is 5.91 Å². The second-order valence-electron chi connectivity index (χ2n) is 5.43. The lowest BCUT2D eigenvalue weighted by Gasteiger charge is -2.21. The maximum absolute atomic E-state index is 13.1. The molecule has 1 aromatic rings. The van der Waals surface area contributed by atoms with E-state index in [4.69, 9.17) is 4.74 Å². The normalized spacial score (nSPS) is 16.1. The Morgan fingerprint density at radius 2 is 2.10 bits per heavy atom. The number of nitrogens with one attached hydrogen (secondary N) is 1. The fraction of sp³-hybridized carbons (Fsp3) is 0.562. The molecule has 0 saturated heterocycles. The summed E-state index contributed by atoms with van der Waals surface area (Å²) in [4.78, 5) is 11.7. The minimum Gasteiger partial charge on any atom is -0.368 e. The molecule has 0 unspecified atom stereocenters. The van der Waals surface area contributed by atoms with E-state index in [1.807, 2.05) is 0 Å². The van der Waals surface area contributed by atoms with Crippen LogP contribution >= 0.6 is 0 Å². The molecule has 2 rings (SSSR count). The number of aryl methyl sites for hydroxylation is 1. The number of halogens is 1. The molecule has 1 aliphatic carbocycles. The first-order chi connectivity index (χ1) is 9.65. The van der Waals surface area contributed by atoms with Gasteiger partial charge in [-0.05, 0) is 37.0 Å². The van der Waals surface area contributed by atoms with Crippen LogP contribution in [0.5, 0.6) is 0 Å². The van der Waals surface area contributed by atoms with E-state index < -0.39 is 0 Å². The zero-order chi connectivity index (χ0) is 14.4. The molecule has 20 heavy (non-hydrogen) atoms. The highest BCUT2D eigenvalue weighted by molar-refractivity contribution is 5.77. The first kappa shape index (κ1) is 15.0. The van der Waals surface area contributed by atoms with E-state index >= 15 is 0 Å². The van der Waals surface area contributed by atoms with E-state index in [0.717, 1.165) is 18.4 Å². The van der Waals surface area contributed by atoms with Crippen LogP contribution in [0.25, 0.3) is 0 Å². The van der Waals surface area contributed by atoms with Gasteiger partial charge >= 0.3 is 0 Å². The van der Waals surface area contributed by atoms with E-state index in [9.17, 15) is 9.18 Å². The van der Waals surface area contributed by atoms with E-state index in [-0.39, 0.29) is 24.4 Å². The molecule has 0 atom stereocenters. The van der Waals surface area contributed by atoms with Crippen molar-refractivity contribution in [3.63, 3.8) is 0 Å². The molecule has 1 N–H and O–H groups in total. The van der Waals surface area contributed by atoms with Crippen LogP contribution in [0.2, 0.25) is 0 Å². The first-order valence-corrected chi connectivity index (χ1v) is 7.28. The van der Waals surface area contributed by atoms with Gasteiger partial charge in [0.25, 0.3) is 0 Å². The second-order valence-corrected chi connectivity index (χ2v) is 5.43. The van der Waals surface area contributed by atoms with Gasteiger partial charge in [-0.25, -0.2) is 4.39 Å². The van der Waals surface area contributed by atoms with Gasteiger partial charge in [-0.3, -0.25) is 4.79 Å². The molecule has 1 aliphatic rings. The van der Waals surface area contributed by atoms with Gasteiger partial charge in [0.1, 0.15) is 12.4 Å². The van der Waals surface area contributed by atoms with Crippen molar-refractivity contribution >= 4 is 5.91 Å². The molecule has 0 radical (unpaired) electrons. The number of carbonyl (C=O) groups is 1. The zero-order valence-corrected chi connectivity index (χ0v) is 12.0. The van der Waals surface area contributed by atoms with Crippen molar-refractivity contribution in [3.8, 4) is 0 Å². The highest BCUT2D eigenvalue weighted by Crippen LogP contribution is 2.19. The van der Waals surface area contributed by atoms with Crippen molar-refractivity contribution in [2.45, 2.75) is 51.7 Å². The van der Waals surface area contributed by atoms with Crippen LogP contribution in [0, 0.1) is 12.7 Å². The minimum atomic E-state index is -0.222. The van der Waals surface area contributed by atoms with Crippen molar-refractivity contribution in [3.05, 3.63) is 35.1 Å². The predicted octanol–water partition coefficient (Wildman–Crippen LogP) is 3.10. The molecular weight excluding hydrogens is 257 g/mol. The number of rotatable bonds is 5. The third-order valence-corrected chi connectivity index (χ3v) is 3.71. The summed E-state index contributed by atoms with van der Waals surface area (Å²) in [6.45, 7) is 2.24. The van der Waals surface area contributed by atoms with Crippen LogP contribution in [0.15, 0.2) is 18.2 Å². The molecule has 1 aromatic carbocycles. The monoisotopic (exact) mass is 279 g/mol. The average Bonchev–Trinajstić information content (AvgIpc) is 2.47. The highest BCUT2D eigenvalue weighted by Gasteiger charge is 2.15. The number of hydrogen-bond acceptors (Lipinski definition) is 2. The largest absolute Gasteiger partial charge is 0.368 e. The smallest absolute Gasteiger partial charge is 0.246 e. The number of ether oxygens (including phenoxy) is 1. The van der Waals surface area contributed by atoms with Crippen LogP contribution in [0.1, 0.15) is 43.2 Å². The van der Waals surface area contributed by atoms with E-state index in [2.05, 4.69) is 5.32 Å². The van der Waals surface area contributed by atoms with Gasteiger partial charge < -0.3 is 10.1 Å². The Morgan fingerprint density at radius 3 is 2.80 bits per heavy atom. The van der Waals surface area contributed by atoms with Crippen LogP contribution in [0.3, 0.4) is 0 Å². The Balaban J connectivity index is 1.70. The van der Waals surface area contributed by atoms with Gasteiger partial charge in [0, 0.05) is 6.54 Å². The van der Waals surface area contributed by atoms with Crippen molar-refractivity contribution < 1.29 is 13.9 Å². The maximum Gasteiger partial charge on any atom is 0.246 e. The lowest BCUT2D eigenvalue weighted by atomic mass is 9.98. The Bertz CT molecular complexity index is 456. The molecule has 1 saturated carbocycles. The maximum atomic E-state index is 13.1. The third kappa shape index (κ3) is 4.60. The fourth-order valence-electron chi connectivity index (χ4n) is 2.49. The Labute approximate surface area is 119 Å². The zero-order valence-electron chi connectivity index (χ0n) is 12.0. The summed E-state index contributed by atoms with van der Waals surface area (Å²) in [7, 11) is 0. The van der Waals surface area contributed by atoms with Crippen molar-refractivity contribution in [2.24, 2.45) is 0 Å². The number of benzene rings is 1. The van der Waals surface area contributed by atoms with Gasteiger partial charge in [0.15, 0.2) is 0 Å². The molecule has 110 valence electrons. The Kier molecular flexibility index (Phi) is 5.53. The molecule has 4 heteroatoms. The summed E-state index contributed by atoms with van der Waals surface area (Å²) in [5.74, 6) is -0.335. The molecule has 3 nitrogen and oxygen atoms in total. The number of hydrogen-bond donors (Lipinski definition) is 1. The van der Waals surface area contributed by atoms with Crippen LogP contribution in [-0.4, -0.2) is 18.6 Å². The second kappa shape index (κ2) is 7.39. The topological polar surface area (TPSA) is 38.3 Å². The average molecular weight is 279 g/mol. The molecule has 1 fully saturated rings. The lowest BCUT2D eigenvalue weighted by molar-refractivity contribution is -0.128. The van der Waals surface area contributed by atoms with Crippen LogP contribution in [0.4, 0.5) is 4.39 Å². The van der Waals surface area contributed by atoms with Crippen molar-refractivity contribution in [1.29, 1.82) is 0 Å². The summed E-state index contributed by atoms with van der Waals surface area (Å²) >= 11 is 0. The van der Waals surface area contributed by atoms with Crippen molar-refractivity contribution in [2.75, 3.05) is 6.61 Å². The summed E-state index contributed by atoms with van der Waals surface area (Å²) in [6.07, 6.45) is 6.02. The Morgan fingerprint density at radius 1 is 1.35 bits per heavy atom.